The third-order valence-corrected chi connectivity index (χ3v) is 3.13. The van der Waals surface area contributed by atoms with Crippen LogP contribution in [0.4, 0.5) is 9.18 Å². The summed E-state index contributed by atoms with van der Waals surface area (Å²) < 4.78 is 23.9. The number of aliphatic imine (C=N–C) groups is 1. The SMILES string of the molecule is COc1cccc(OC)c1CC=NC(=O)n1cc(F)c(=O)[nH]c1=O. The summed E-state index contributed by atoms with van der Waals surface area (Å²) in [5.41, 5.74) is -1.62. The van der Waals surface area contributed by atoms with Crippen molar-refractivity contribution in [2.24, 2.45) is 4.99 Å². The lowest BCUT2D eigenvalue weighted by Crippen LogP contribution is -2.34. The van der Waals surface area contributed by atoms with Crippen LogP contribution in [0.3, 0.4) is 0 Å². The number of ether oxygens (including phenoxy) is 2. The second-order valence-electron chi connectivity index (χ2n) is 4.55. The molecule has 0 spiro atoms. The van der Waals surface area contributed by atoms with Crippen molar-refractivity contribution in [1.82, 2.24) is 9.55 Å². The summed E-state index contributed by atoms with van der Waals surface area (Å²) in [7, 11) is 2.98. The molecule has 1 heterocycles. The number of carbonyl (C=O) groups is 1. The molecule has 0 aliphatic carbocycles. The molecule has 1 amide bonds. The molecule has 0 atom stereocenters. The fourth-order valence-corrected chi connectivity index (χ4v) is 2.00. The van der Waals surface area contributed by atoms with Gasteiger partial charge in [0.15, 0.2) is 0 Å². The smallest absolute Gasteiger partial charge is 0.355 e. The molecule has 0 bridgehead atoms. The van der Waals surface area contributed by atoms with Crippen molar-refractivity contribution in [2.75, 3.05) is 14.2 Å². The maximum absolute atomic E-state index is 13.2. The molecule has 2 rings (SSSR count). The highest BCUT2D eigenvalue weighted by Crippen LogP contribution is 2.28. The number of aromatic nitrogens is 2. The molecule has 1 N–H and O–H groups in total. The molecule has 9 heteroatoms. The number of hydrogen-bond acceptors (Lipinski definition) is 5. The second-order valence-corrected chi connectivity index (χ2v) is 4.55. The summed E-state index contributed by atoms with van der Waals surface area (Å²) in [5.74, 6) is -0.175. The number of hydrogen-bond donors (Lipinski definition) is 1. The van der Waals surface area contributed by atoms with Crippen molar-refractivity contribution in [3.63, 3.8) is 0 Å². The summed E-state index contributed by atoms with van der Waals surface area (Å²) >= 11 is 0. The molecule has 2 aromatic rings. The molecule has 24 heavy (non-hydrogen) atoms. The highest BCUT2D eigenvalue weighted by Gasteiger charge is 2.11. The summed E-state index contributed by atoms with van der Waals surface area (Å²) in [5, 5.41) is 0. The number of carbonyl (C=O) groups excluding carboxylic acids is 1. The van der Waals surface area contributed by atoms with Gasteiger partial charge in [-0.15, -0.1) is 0 Å². The lowest BCUT2D eigenvalue weighted by atomic mass is 10.1. The van der Waals surface area contributed by atoms with Gasteiger partial charge in [-0.05, 0) is 12.1 Å². The van der Waals surface area contributed by atoms with E-state index in [1.807, 2.05) is 0 Å². The molecule has 0 aliphatic heterocycles. The number of H-pyrrole nitrogens is 1. The molecule has 0 unspecified atom stereocenters. The van der Waals surface area contributed by atoms with Crippen LogP contribution in [0.2, 0.25) is 0 Å². The topological polar surface area (TPSA) is 103 Å². The standard InChI is InChI=1S/C15H14FN3O5/c1-23-11-4-3-5-12(24-2)9(11)6-7-17-14(21)19-8-10(16)13(20)18-15(19)22/h3-5,7-8H,6H2,1-2H3,(H,18,20,22). The van der Waals surface area contributed by atoms with Crippen molar-refractivity contribution < 1.29 is 18.7 Å². The number of nitrogens with zero attached hydrogens (tertiary/aromatic N) is 2. The van der Waals surface area contributed by atoms with Gasteiger partial charge in [0.1, 0.15) is 11.5 Å². The molecular formula is C15H14FN3O5. The zero-order valence-corrected chi connectivity index (χ0v) is 12.9. The maximum Gasteiger partial charge on any atom is 0.355 e. The van der Waals surface area contributed by atoms with Gasteiger partial charge in [-0.25, -0.2) is 19.1 Å². The third kappa shape index (κ3) is 3.57. The molecule has 8 nitrogen and oxygen atoms in total. The molecule has 0 radical (unpaired) electrons. The monoisotopic (exact) mass is 335 g/mol. The molecular weight excluding hydrogens is 321 g/mol. The van der Waals surface area contributed by atoms with Crippen LogP contribution in [0.15, 0.2) is 39.0 Å². The number of aromatic amines is 1. The zero-order valence-electron chi connectivity index (χ0n) is 12.9. The van der Waals surface area contributed by atoms with Gasteiger partial charge >= 0.3 is 11.7 Å². The fourth-order valence-electron chi connectivity index (χ4n) is 2.00. The van der Waals surface area contributed by atoms with E-state index in [2.05, 4.69) is 4.99 Å². The molecule has 0 saturated carbocycles. The van der Waals surface area contributed by atoms with Crippen LogP contribution in [0.1, 0.15) is 5.56 Å². The number of benzene rings is 1. The van der Waals surface area contributed by atoms with E-state index in [1.165, 1.54) is 20.4 Å². The Morgan fingerprint density at radius 3 is 2.50 bits per heavy atom. The van der Waals surface area contributed by atoms with E-state index in [9.17, 15) is 18.8 Å². The minimum atomic E-state index is -1.26. The summed E-state index contributed by atoms with van der Waals surface area (Å²) in [4.78, 5) is 39.5. The van der Waals surface area contributed by atoms with Gasteiger partial charge in [0.25, 0.3) is 5.56 Å². The molecule has 1 aromatic heterocycles. The first-order chi connectivity index (χ1) is 11.5. The average molecular weight is 335 g/mol. The van der Waals surface area contributed by atoms with Crippen molar-refractivity contribution >= 4 is 12.2 Å². The van der Waals surface area contributed by atoms with Gasteiger partial charge in [0, 0.05) is 18.2 Å². The second kappa shape index (κ2) is 7.36. The van der Waals surface area contributed by atoms with Crippen molar-refractivity contribution in [1.29, 1.82) is 0 Å². The van der Waals surface area contributed by atoms with Crippen LogP contribution in [-0.2, 0) is 6.42 Å². The Hall–Kier alpha value is -3.23. The predicted molar refractivity (Wildman–Crippen MR) is 83.8 cm³/mol. The van der Waals surface area contributed by atoms with Gasteiger partial charge in [0.05, 0.1) is 20.4 Å². The molecule has 126 valence electrons. The quantitative estimate of drug-likeness (QED) is 0.839. The lowest BCUT2D eigenvalue weighted by molar-refractivity contribution is 0.249. The van der Waals surface area contributed by atoms with Gasteiger partial charge in [0.2, 0.25) is 5.82 Å². The first-order valence-corrected chi connectivity index (χ1v) is 6.76. The number of methoxy groups -OCH3 is 2. The minimum absolute atomic E-state index is 0.180. The zero-order chi connectivity index (χ0) is 17.7. The van der Waals surface area contributed by atoms with Crippen LogP contribution in [0.5, 0.6) is 11.5 Å². The van der Waals surface area contributed by atoms with Crippen LogP contribution in [0.25, 0.3) is 0 Å². The first kappa shape index (κ1) is 17.1. The first-order valence-electron chi connectivity index (χ1n) is 6.76. The maximum atomic E-state index is 13.2. The Kier molecular flexibility index (Phi) is 5.25. The van der Waals surface area contributed by atoms with Gasteiger partial charge in [-0.1, -0.05) is 6.07 Å². The van der Waals surface area contributed by atoms with Crippen LogP contribution < -0.4 is 20.7 Å². The van der Waals surface area contributed by atoms with Crippen molar-refractivity contribution in [2.45, 2.75) is 6.42 Å². The number of halogens is 1. The van der Waals surface area contributed by atoms with E-state index < -0.39 is 23.1 Å². The van der Waals surface area contributed by atoms with E-state index in [0.717, 1.165) is 0 Å². The number of amides is 1. The molecule has 1 aromatic carbocycles. The molecule has 0 saturated heterocycles. The van der Waals surface area contributed by atoms with Crippen LogP contribution in [-0.4, -0.2) is 36.0 Å². The lowest BCUT2D eigenvalue weighted by Gasteiger charge is -2.10. The van der Waals surface area contributed by atoms with Gasteiger partial charge in [-0.3, -0.25) is 9.78 Å². The summed E-state index contributed by atoms with van der Waals surface area (Å²) in [6, 6.07) is 4.14. The molecule has 0 aliphatic rings. The summed E-state index contributed by atoms with van der Waals surface area (Å²) in [6.07, 6.45) is 1.90. The number of rotatable bonds is 4. The highest BCUT2D eigenvalue weighted by molar-refractivity contribution is 5.86. The molecule has 0 fully saturated rings. The third-order valence-electron chi connectivity index (χ3n) is 3.13. The minimum Gasteiger partial charge on any atom is -0.496 e. The highest BCUT2D eigenvalue weighted by atomic mass is 19.1. The largest absolute Gasteiger partial charge is 0.496 e. The summed E-state index contributed by atoms with van der Waals surface area (Å²) in [6.45, 7) is 0. The van der Waals surface area contributed by atoms with Gasteiger partial charge < -0.3 is 9.47 Å². The van der Waals surface area contributed by atoms with E-state index in [-0.39, 0.29) is 6.42 Å². The van der Waals surface area contributed by atoms with Crippen LogP contribution >= 0.6 is 0 Å². The van der Waals surface area contributed by atoms with Gasteiger partial charge in [-0.2, -0.15) is 4.39 Å². The van der Waals surface area contributed by atoms with Crippen molar-refractivity contribution in [3.05, 3.63) is 56.6 Å². The average Bonchev–Trinajstić information content (AvgIpc) is 2.57. The fraction of sp³-hybridized carbons (Fsp3) is 0.200. The Morgan fingerprint density at radius 1 is 1.29 bits per heavy atom. The predicted octanol–water partition coefficient (Wildman–Crippen LogP) is 0.974. The Labute approximate surface area is 135 Å². The van der Waals surface area contributed by atoms with Crippen molar-refractivity contribution in [3.8, 4) is 11.5 Å². The van der Waals surface area contributed by atoms with E-state index in [4.69, 9.17) is 9.47 Å². The van der Waals surface area contributed by atoms with E-state index in [0.29, 0.717) is 27.8 Å². The Morgan fingerprint density at radius 2 is 1.92 bits per heavy atom. The number of nitrogens with one attached hydrogen (secondary N) is 1. The van der Waals surface area contributed by atoms with Crippen LogP contribution in [0, 0.1) is 5.82 Å². The van der Waals surface area contributed by atoms with E-state index in [1.54, 1.807) is 23.2 Å². The Balaban J connectivity index is 2.24. The normalized spacial score (nSPS) is 10.8. The van der Waals surface area contributed by atoms with E-state index >= 15 is 0 Å². The Bertz CT molecular complexity index is 878.